The molecule has 0 amide bonds. The molecule has 1 aromatic rings. The van der Waals surface area contributed by atoms with E-state index < -0.39 is 0 Å². The van der Waals surface area contributed by atoms with Gasteiger partial charge in [-0.15, -0.1) is 0 Å². The van der Waals surface area contributed by atoms with Crippen LogP contribution in [0, 0.1) is 0 Å². The lowest BCUT2D eigenvalue weighted by molar-refractivity contribution is 0.415. The predicted molar refractivity (Wildman–Crippen MR) is 65.7 cm³/mol. The van der Waals surface area contributed by atoms with Crippen LogP contribution in [0.15, 0.2) is 23.2 Å². The molecule has 3 rings (SSSR count). The number of benzene rings is 1. The summed E-state index contributed by atoms with van der Waals surface area (Å²) >= 11 is 0. The van der Waals surface area contributed by atoms with E-state index in [9.17, 15) is 0 Å². The molecule has 2 atom stereocenters. The first-order valence-corrected chi connectivity index (χ1v) is 5.75. The molecule has 0 bridgehead atoms. The lowest BCUT2D eigenvalue weighted by atomic mass is 9.88. The predicted octanol–water partition coefficient (Wildman–Crippen LogP) is 2.44. The highest BCUT2D eigenvalue weighted by atomic mass is 16.5. The molecule has 2 unspecified atom stereocenters. The summed E-state index contributed by atoms with van der Waals surface area (Å²) in [6.45, 7) is 3.08. The third-order valence-electron chi connectivity index (χ3n) is 3.62. The molecule has 84 valence electrons. The van der Waals surface area contributed by atoms with Crippen LogP contribution < -0.4 is 10.1 Å². The van der Waals surface area contributed by atoms with Gasteiger partial charge in [-0.3, -0.25) is 4.99 Å². The molecule has 1 N–H and O–H groups in total. The lowest BCUT2D eigenvalue weighted by Crippen LogP contribution is -2.32. The SMILES string of the molecule is COc1ccc2c(c1)NC1C(C)=NCCC21. The van der Waals surface area contributed by atoms with Gasteiger partial charge in [0.1, 0.15) is 5.75 Å². The second kappa shape index (κ2) is 3.51. The maximum atomic E-state index is 5.25. The highest BCUT2D eigenvalue weighted by Gasteiger charge is 2.35. The maximum absolute atomic E-state index is 5.25. The molecule has 0 saturated heterocycles. The molecule has 0 fully saturated rings. The van der Waals surface area contributed by atoms with E-state index in [0.29, 0.717) is 12.0 Å². The largest absolute Gasteiger partial charge is 0.497 e. The van der Waals surface area contributed by atoms with Crippen molar-refractivity contribution in [1.82, 2.24) is 0 Å². The van der Waals surface area contributed by atoms with Gasteiger partial charge in [-0.05, 0) is 25.0 Å². The van der Waals surface area contributed by atoms with E-state index in [-0.39, 0.29) is 0 Å². The summed E-state index contributed by atoms with van der Waals surface area (Å²) in [5, 5.41) is 3.55. The molecule has 3 heteroatoms. The summed E-state index contributed by atoms with van der Waals surface area (Å²) < 4.78 is 5.25. The van der Waals surface area contributed by atoms with Gasteiger partial charge in [-0.25, -0.2) is 0 Å². The zero-order valence-corrected chi connectivity index (χ0v) is 9.66. The van der Waals surface area contributed by atoms with Crippen LogP contribution in [0.2, 0.25) is 0 Å². The molecular weight excluding hydrogens is 200 g/mol. The van der Waals surface area contributed by atoms with E-state index >= 15 is 0 Å². The average Bonchev–Trinajstić information content (AvgIpc) is 2.68. The van der Waals surface area contributed by atoms with Crippen molar-refractivity contribution in [2.75, 3.05) is 19.0 Å². The summed E-state index contributed by atoms with van der Waals surface area (Å²) in [6, 6.07) is 6.71. The Labute approximate surface area is 95.5 Å². The van der Waals surface area contributed by atoms with E-state index in [1.807, 2.05) is 6.07 Å². The zero-order chi connectivity index (χ0) is 11.1. The maximum Gasteiger partial charge on any atom is 0.120 e. The van der Waals surface area contributed by atoms with Gasteiger partial charge in [0, 0.05) is 29.9 Å². The molecule has 2 aliphatic rings. The molecule has 0 aliphatic carbocycles. The summed E-state index contributed by atoms with van der Waals surface area (Å²) in [4.78, 5) is 4.52. The minimum Gasteiger partial charge on any atom is -0.497 e. The number of nitrogens with one attached hydrogen (secondary N) is 1. The van der Waals surface area contributed by atoms with E-state index in [1.165, 1.54) is 17.0 Å². The quantitative estimate of drug-likeness (QED) is 0.782. The molecule has 2 aliphatic heterocycles. The van der Waals surface area contributed by atoms with Gasteiger partial charge in [0.15, 0.2) is 0 Å². The summed E-state index contributed by atoms with van der Waals surface area (Å²) in [5.41, 5.74) is 3.86. The first kappa shape index (κ1) is 9.70. The number of ether oxygens (including phenoxy) is 1. The molecule has 16 heavy (non-hydrogen) atoms. The van der Waals surface area contributed by atoms with Crippen molar-refractivity contribution >= 4 is 11.4 Å². The van der Waals surface area contributed by atoms with E-state index in [4.69, 9.17) is 4.74 Å². The van der Waals surface area contributed by atoms with Crippen LogP contribution in [-0.4, -0.2) is 25.4 Å². The van der Waals surface area contributed by atoms with Crippen LogP contribution in [-0.2, 0) is 0 Å². The Balaban J connectivity index is 2.01. The van der Waals surface area contributed by atoms with Crippen molar-refractivity contribution in [3.63, 3.8) is 0 Å². The monoisotopic (exact) mass is 216 g/mol. The Morgan fingerprint density at radius 3 is 3.12 bits per heavy atom. The van der Waals surface area contributed by atoms with Gasteiger partial charge in [-0.1, -0.05) is 6.07 Å². The average molecular weight is 216 g/mol. The third-order valence-corrected chi connectivity index (χ3v) is 3.62. The van der Waals surface area contributed by atoms with Crippen molar-refractivity contribution in [3.8, 4) is 5.75 Å². The van der Waals surface area contributed by atoms with Gasteiger partial charge in [0.2, 0.25) is 0 Å². The zero-order valence-electron chi connectivity index (χ0n) is 9.66. The van der Waals surface area contributed by atoms with E-state index in [2.05, 4.69) is 29.4 Å². The fraction of sp³-hybridized carbons (Fsp3) is 0.462. The number of hydrogen-bond acceptors (Lipinski definition) is 3. The van der Waals surface area contributed by atoms with Gasteiger partial charge in [0.25, 0.3) is 0 Å². The van der Waals surface area contributed by atoms with Crippen molar-refractivity contribution in [2.45, 2.75) is 25.3 Å². The number of anilines is 1. The first-order chi connectivity index (χ1) is 7.79. The molecule has 0 aromatic heterocycles. The smallest absolute Gasteiger partial charge is 0.120 e. The van der Waals surface area contributed by atoms with Crippen molar-refractivity contribution < 1.29 is 4.74 Å². The van der Waals surface area contributed by atoms with E-state index in [0.717, 1.165) is 18.7 Å². The van der Waals surface area contributed by atoms with Crippen molar-refractivity contribution in [1.29, 1.82) is 0 Å². The Kier molecular flexibility index (Phi) is 2.13. The normalized spacial score (nSPS) is 26.5. The summed E-state index contributed by atoms with van der Waals surface area (Å²) in [7, 11) is 1.70. The summed E-state index contributed by atoms with van der Waals surface area (Å²) in [5.74, 6) is 1.51. The van der Waals surface area contributed by atoms with Crippen LogP contribution in [0.5, 0.6) is 5.75 Å². The van der Waals surface area contributed by atoms with Crippen LogP contribution >= 0.6 is 0 Å². The number of rotatable bonds is 1. The van der Waals surface area contributed by atoms with Crippen LogP contribution in [0.25, 0.3) is 0 Å². The van der Waals surface area contributed by atoms with Gasteiger partial charge < -0.3 is 10.1 Å². The second-order valence-electron chi connectivity index (χ2n) is 4.49. The second-order valence-corrected chi connectivity index (χ2v) is 4.49. The van der Waals surface area contributed by atoms with Crippen molar-refractivity contribution in [3.05, 3.63) is 23.8 Å². The van der Waals surface area contributed by atoms with Gasteiger partial charge in [0.05, 0.1) is 13.2 Å². The van der Waals surface area contributed by atoms with Gasteiger partial charge in [-0.2, -0.15) is 0 Å². The lowest BCUT2D eigenvalue weighted by Gasteiger charge is -2.24. The fourth-order valence-electron chi connectivity index (χ4n) is 2.75. The molecule has 0 saturated carbocycles. The molecule has 2 heterocycles. The van der Waals surface area contributed by atoms with Crippen LogP contribution in [0.4, 0.5) is 5.69 Å². The molecule has 0 radical (unpaired) electrons. The Morgan fingerprint density at radius 2 is 2.31 bits per heavy atom. The highest BCUT2D eigenvalue weighted by Crippen LogP contribution is 2.41. The van der Waals surface area contributed by atoms with E-state index in [1.54, 1.807) is 7.11 Å². The fourth-order valence-corrected chi connectivity index (χ4v) is 2.75. The Hall–Kier alpha value is -1.51. The Bertz CT molecular complexity index is 453. The number of hydrogen-bond donors (Lipinski definition) is 1. The summed E-state index contributed by atoms with van der Waals surface area (Å²) in [6.07, 6.45) is 1.15. The minimum absolute atomic E-state index is 0.399. The number of fused-ring (bicyclic) bond motifs is 3. The number of aliphatic imine (C=N–C) groups is 1. The van der Waals surface area contributed by atoms with Gasteiger partial charge >= 0.3 is 0 Å². The molecule has 1 aromatic carbocycles. The Morgan fingerprint density at radius 1 is 1.44 bits per heavy atom. The number of nitrogens with zero attached hydrogens (tertiary/aromatic N) is 1. The minimum atomic E-state index is 0.399. The third kappa shape index (κ3) is 1.31. The molecule has 3 nitrogen and oxygen atoms in total. The number of methoxy groups -OCH3 is 1. The topological polar surface area (TPSA) is 33.6 Å². The first-order valence-electron chi connectivity index (χ1n) is 5.75. The molecule has 0 spiro atoms. The standard InChI is InChI=1S/C13H16N2O/c1-8-13-11(5-6-14-8)10-4-3-9(16-2)7-12(10)15-13/h3-4,7,11,13,15H,5-6H2,1-2H3. The van der Waals surface area contributed by atoms with Crippen LogP contribution in [0.1, 0.15) is 24.8 Å². The van der Waals surface area contributed by atoms with Crippen molar-refractivity contribution in [2.24, 2.45) is 4.99 Å². The molecular formula is C13H16N2O. The highest BCUT2D eigenvalue weighted by molar-refractivity contribution is 5.93. The van der Waals surface area contributed by atoms with Crippen LogP contribution in [0.3, 0.4) is 0 Å².